The first-order valence-electron chi connectivity index (χ1n) is 11.4. The van der Waals surface area contributed by atoms with Crippen LogP contribution in [0.1, 0.15) is 35.9 Å². The lowest BCUT2D eigenvalue weighted by Crippen LogP contribution is -2.51. The first-order chi connectivity index (χ1) is 16.8. The molecule has 0 bridgehead atoms. The first kappa shape index (κ1) is 23.0. The Kier molecular flexibility index (Phi) is 5.76. The lowest BCUT2D eigenvalue weighted by Gasteiger charge is -2.14. The average molecular weight is 492 g/mol. The molecule has 1 aliphatic carbocycles. The molecule has 1 fully saturated rings. The van der Waals surface area contributed by atoms with Crippen LogP contribution in [0.5, 0.6) is 0 Å². The molecule has 0 radical (unpaired) electrons. The number of hydrogen-bond donors (Lipinski definition) is 2. The van der Waals surface area contributed by atoms with E-state index in [9.17, 15) is 19.5 Å². The average Bonchev–Trinajstić information content (AvgIpc) is 3.51. The van der Waals surface area contributed by atoms with Crippen molar-refractivity contribution in [3.8, 4) is 0 Å². The van der Waals surface area contributed by atoms with Gasteiger partial charge in [-0.15, -0.1) is 11.3 Å². The van der Waals surface area contributed by atoms with E-state index in [-0.39, 0.29) is 18.7 Å². The summed E-state index contributed by atoms with van der Waals surface area (Å²) in [5.74, 6) is -0.994. The van der Waals surface area contributed by atoms with Crippen LogP contribution in [0, 0.1) is 12.3 Å². The predicted molar refractivity (Wildman–Crippen MR) is 133 cm³/mol. The fraction of sp³-hybridized carbons (Fsp3) is 0.320. The van der Waals surface area contributed by atoms with E-state index in [4.69, 9.17) is 0 Å². The van der Waals surface area contributed by atoms with Crippen LogP contribution in [-0.2, 0) is 24.3 Å². The quantitative estimate of drug-likeness (QED) is 0.412. The summed E-state index contributed by atoms with van der Waals surface area (Å²) in [6.07, 6.45) is 1.71. The zero-order valence-corrected chi connectivity index (χ0v) is 20.3. The van der Waals surface area contributed by atoms with Gasteiger partial charge in [0.1, 0.15) is 0 Å². The van der Waals surface area contributed by atoms with Gasteiger partial charge in [-0.25, -0.2) is 24.1 Å². The second-order valence-corrected chi connectivity index (χ2v) is 10.1. The van der Waals surface area contributed by atoms with E-state index in [1.54, 1.807) is 17.4 Å². The Bertz CT molecular complexity index is 1620. The molecule has 0 spiro atoms. The minimum Gasteiger partial charge on any atom is -0.481 e. The van der Waals surface area contributed by atoms with Crippen LogP contribution in [0.15, 0.2) is 57.0 Å². The highest BCUT2D eigenvalue weighted by Crippen LogP contribution is 2.46. The third-order valence-electron chi connectivity index (χ3n) is 6.36. The summed E-state index contributed by atoms with van der Waals surface area (Å²) in [5, 5.41) is 10.6. The van der Waals surface area contributed by atoms with Crippen LogP contribution in [0.3, 0.4) is 0 Å². The molecule has 0 unspecified atom stereocenters. The van der Waals surface area contributed by atoms with Gasteiger partial charge in [-0.05, 0) is 49.9 Å². The van der Waals surface area contributed by atoms with E-state index in [2.05, 4.69) is 15.0 Å². The number of aromatic amines is 1. The molecular weight excluding hydrogens is 466 g/mol. The van der Waals surface area contributed by atoms with Crippen molar-refractivity contribution in [1.82, 2.24) is 19.1 Å². The van der Waals surface area contributed by atoms with Gasteiger partial charge in [0, 0.05) is 6.54 Å². The lowest BCUT2D eigenvalue weighted by molar-refractivity contribution is -0.144. The van der Waals surface area contributed by atoms with Gasteiger partial charge >= 0.3 is 17.3 Å². The molecular formula is C25H25N5O4S. The number of nitrogens with zero attached hydrogens (tertiary/aromatic N) is 4. The number of aryl methyl sites for hydroxylation is 2. The summed E-state index contributed by atoms with van der Waals surface area (Å²) in [7, 11) is 0. The fourth-order valence-electron chi connectivity index (χ4n) is 4.00. The van der Waals surface area contributed by atoms with Crippen LogP contribution in [0.25, 0.3) is 10.2 Å². The molecule has 35 heavy (non-hydrogen) atoms. The number of aromatic nitrogens is 4. The molecule has 0 atom stereocenters. The molecule has 0 amide bonds. The standard InChI is InChI=1S/C25H25N5O4S/c1-3-20-27-18-9-8-17(12-19(18)35-20)26-22-28-23(33)30(14-25(10-11-25)21(31)32)24(34)29(22)13-16-6-4-15(2)5-7-16/h4-9,12H,3,10-11,13-14H2,1-2H3,(H,31,32)(H,26,28,33). The van der Waals surface area contributed by atoms with Gasteiger partial charge in [-0.1, -0.05) is 36.8 Å². The Morgan fingerprint density at radius 2 is 1.91 bits per heavy atom. The highest BCUT2D eigenvalue weighted by Gasteiger charge is 2.51. The second-order valence-electron chi connectivity index (χ2n) is 9.00. The Balaban J connectivity index is 1.65. The van der Waals surface area contributed by atoms with E-state index in [0.29, 0.717) is 18.5 Å². The third-order valence-corrected chi connectivity index (χ3v) is 7.53. The summed E-state index contributed by atoms with van der Waals surface area (Å²) in [4.78, 5) is 50.0. The van der Waals surface area contributed by atoms with E-state index in [1.807, 2.05) is 50.2 Å². The van der Waals surface area contributed by atoms with Crippen LogP contribution >= 0.6 is 11.3 Å². The summed E-state index contributed by atoms with van der Waals surface area (Å²) >= 11 is 1.58. The number of H-pyrrole nitrogens is 1. The Morgan fingerprint density at radius 3 is 2.57 bits per heavy atom. The van der Waals surface area contributed by atoms with Gasteiger partial charge in [0.05, 0.1) is 32.9 Å². The maximum atomic E-state index is 13.5. The van der Waals surface area contributed by atoms with Gasteiger partial charge in [0.15, 0.2) is 0 Å². The normalized spacial score (nSPS) is 15.0. The molecule has 1 saturated carbocycles. The van der Waals surface area contributed by atoms with Crippen molar-refractivity contribution in [1.29, 1.82) is 0 Å². The number of fused-ring (bicyclic) bond motifs is 1. The number of nitrogens with one attached hydrogen (secondary N) is 1. The first-order valence-corrected chi connectivity index (χ1v) is 12.3. The van der Waals surface area contributed by atoms with E-state index < -0.39 is 22.8 Å². The fourth-order valence-corrected chi connectivity index (χ4v) is 4.94. The molecule has 9 nitrogen and oxygen atoms in total. The molecule has 10 heteroatoms. The van der Waals surface area contributed by atoms with E-state index >= 15 is 0 Å². The van der Waals surface area contributed by atoms with Crippen LogP contribution in [-0.4, -0.2) is 30.2 Å². The van der Waals surface area contributed by atoms with Crippen molar-refractivity contribution in [2.24, 2.45) is 10.4 Å². The van der Waals surface area contributed by atoms with E-state index in [1.165, 1.54) is 4.57 Å². The van der Waals surface area contributed by atoms with Crippen molar-refractivity contribution in [3.05, 3.63) is 85.2 Å². The number of hydrogen-bond acceptors (Lipinski definition) is 6. The number of benzene rings is 2. The minimum atomic E-state index is -1.06. The Labute approximate surface area is 204 Å². The summed E-state index contributed by atoms with van der Waals surface area (Å²) < 4.78 is 3.34. The van der Waals surface area contributed by atoms with Crippen molar-refractivity contribution in [3.63, 3.8) is 0 Å². The molecule has 2 heterocycles. The number of carboxylic acid groups (broad SMARTS) is 1. The van der Waals surface area contributed by atoms with Crippen LogP contribution < -0.4 is 17.0 Å². The summed E-state index contributed by atoms with van der Waals surface area (Å²) in [5.41, 5.74) is 1.19. The van der Waals surface area contributed by atoms with Crippen molar-refractivity contribution in [2.45, 2.75) is 46.2 Å². The SMILES string of the molecule is CCc1nc2ccc(/N=c3\[nH]c(=O)n(CC4(C(=O)O)CC4)c(=O)n3Cc3ccc(C)cc3)cc2s1. The zero-order chi connectivity index (χ0) is 24.7. The van der Waals surface area contributed by atoms with Gasteiger partial charge < -0.3 is 5.11 Å². The zero-order valence-electron chi connectivity index (χ0n) is 19.4. The van der Waals surface area contributed by atoms with Crippen LogP contribution in [0.4, 0.5) is 5.69 Å². The topological polar surface area (TPSA) is 122 Å². The summed E-state index contributed by atoms with van der Waals surface area (Å²) in [6.45, 7) is 4.03. The van der Waals surface area contributed by atoms with Crippen LogP contribution in [0.2, 0.25) is 0 Å². The van der Waals surface area contributed by atoms with E-state index in [0.717, 1.165) is 37.3 Å². The highest BCUT2D eigenvalue weighted by atomic mass is 32.1. The number of rotatable bonds is 7. The number of carboxylic acids is 1. The van der Waals surface area contributed by atoms with Gasteiger partial charge in [-0.2, -0.15) is 0 Å². The molecule has 5 rings (SSSR count). The smallest absolute Gasteiger partial charge is 0.335 e. The monoisotopic (exact) mass is 491 g/mol. The van der Waals surface area contributed by atoms with Gasteiger partial charge in [-0.3, -0.25) is 14.3 Å². The number of aliphatic carboxylic acids is 1. The lowest BCUT2D eigenvalue weighted by atomic mass is 10.1. The molecule has 1 aliphatic rings. The minimum absolute atomic E-state index is 0.108. The molecule has 0 aliphatic heterocycles. The van der Waals surface area contributed by atoms with Gasteiger partial charge in [0.2, 0.25) is 5.62 Å². The maximum Gasteiger partial charge on any atom is 0.335 e. The molecule has 2 aromatic heterocycles. The number of carbonyl (C=O) groups is 1. The molecule has 4 aromatic rings. The van der Waals surface area contributed by atoms with Gasteiger partial charge in [0.25, 0.3) is 0 Å². The second kappa shape index (κ2) is 8.77. The Morgan fingerprint density at radius 1 is 1.17 bits per heavy atom. The molecule has 0 saturated heterocycles. The largest absolute Gasteiger partial charge is 0.481 e. The molecule has 180 valence electrons. The number of thiazole rings is 1. The highest BCUT2D eigenvalue weighted by molar-refractivity contribution is 7.18. The maximum absolute atomic E-state index is 13.5. The molecule has 2 aromatic carbocycles. The van der Waals surface area contributed by atoms with Crippen molar-refractivity contribution < 1.29 is 9.90 Å². The van der Waals surface area contributed by atoms with Crippen molar-refractivity contribution in [2.75, 3.05) is 0 Å². The third kappa shape index (κ3) is 4.49. The predicted octanol–water partition coefficient (Wildman–Crippen LogP) is 2.96. The Hall–Kier alpha value is -3.79. The molecule has 2 N–H and O–H groups in total. The summed E-state index contributed by atoms with van der Waals surface area (Å²) in [6, 6.07) is 13.3. The van der Waals surface area contributed by atoms with Crippen molar-refractivity contribution >= 4 is 33.2 Å².